The minimum atomic E-state index is -0.709. The van der Waals surface area contributed by atoms with Crippen LogP contribution in [0.5, 0.6) is 5.75 Å². The first-order valence-electron chi connectivity index (χ1n) is 10.2. The first kappa shape index (κ1) is 19.8. The van der Waals surface area contributed by atoms with Gasteiger partial charge in [-0.05, 0) is 30.5 Å². The molecule has 1 aliphatic heterocycles. The first-order chi connectivity index (χ1) is 14.1. The van der Waals surface area contributed by atoms with Gasteiger partial charge in [-0.3, -0.25) is 9.59 Å². The lowest BCUT2D eigenvalue weighted by Gasteiger charge is -2.32. The van der Waals surface area contributed by atoms with E-state index in [1.54, 1.807) is 23.1 Å². The summed E-state index contributed by atoms with van der Waals surface area (Å²) in [4.78, 5) is 28.4. The summed E-state index contributed by atoms with van der Waals surface area (Å²) < 4.78 is 5.77. The van der Waals surface area contributed by atoms with Crippen molar-refractivity contribution in [1.82, 2.24) is 10.2 Å². The van der Waals surface area contributed by atoms with E-state index in [2.05, 4.69) is 5.32 Å². The molecule has 2 aromatic carbocycles. The van der Waals surface area contributed by atoms with E-state index in [0.717, 1.165) is 31.2 Å². The Kier molecular flexibility index (Phi) is 6.05. The number of para-hydroxylation sites is 1. The lowest BCUT2D eigenvalue weighted by atomic mass is 9.94. The van der Waals surface area contributed by atoms with Crippen molar-refractivity contribution in [2.24, 2.45) is 0 Å². The number of halogens is 1. The van der Waals surface area contributed by atoms with Crippen LogP contribution >= 0.6 is 11.6 Å². The molecule has 0 bridgehead atoms. The van der Waals surface area contributed by atoms with E-state index >= 15 is 0 Å². The summed E-state index contributed by atoms with van der Waals surface area (Å²) in [6.45, 7) is 0.587. The molecule has 1 aliphatic carbocycles. The number of rotatable bonds is 4. The molecule has 6 heteroatoms. The topological polar surface area (TPSA) is 58.6 Å². The fourth-order valence-electron chi connectivity index (χ4n) is 4.21. The number of fused-ring (bicyclic) bond motifs is 1. The normalized spacial score (nSPS) is 18.4. The van der Waals surface area contributed by atoms with E-state index in [0.29, 0.717) is 22.9 Å². The Balaban J connectivity index is 1.67. The second-order valence-corrected chi connectivity index (χ2v) is 8.03. The predicted octanol–water partition coefficient (Wildman–Crippen LogP) is 4.36. The van der Waals surface area contributed by atoms with Crippen LogP contribution in [-0.2, 0) is 4.79 Å². The SMILES string of the molecule is O=C(NC1CCCCC1)C(c1ccccc1)N1CCOc2c(Cl)cccc2C1=O. The van der Waals surface area contributed by atoms with Gasteiger partial charge < -0.3 is 15.0 Å². The fraction of sp³-hybridized carbons (Fsp3) is 0.391. The number of carbonyl (C=O) groups is 2. The van der Waals surface area contributed by atoms with Crippen LogP contribution in [0.4, 0.5) is 0 Å². The van der Waals surface area contributed by atoms with E-state index in [1.165, 1.54) is 6.42 Å². The van der Waals surface area contributed by atoms with Crippen LogP contribution in [0.3, 0.4) is 0 Å². The second kappa shape index (κ2) is 8.87. The highest BCUT2D eigenvalue weighted by molar-refractivity contribution is 6.32. The Morgan fingerprint density at radius 2 is 1.83 bits per heavy atom. The molecular weight excluding hydrogens is 388 g/mol. The highest BCUT2D eigenvalue weighted by Gasteiger charge is 2.36. The quantitative estimate of drug-likeness (QED) is 0.811. The third-order valence-electron chi connectivity index (χ3n) is 5.66. The number of benzene rings is 2. The third-order valence-corrected chi connectivity index (χ3v) is 5.96. The van der Waals surface area contributed by atoms with Crippen molar-refractivity contribution in [3.05, 3.63) is 64.7 Å². The van der Waals surface area contributed by atoms with Gasteiger partial charge in [0.05, 0.1) is 17.1 Å². The number of amides is 2. The van der Waals surface area contributed by atoms with Gasteiger partial charge in [0.25, 0.3) is 5.91 Å². The molecule has 2 aromatic rings. The maximum Gasteiger partial charge on any atom is 0.258 e. The van der Waals surface area contributed by atoms with E-state index in [4.69, 9.17) is 16.3 Å². The van der Waals surface area contributed by atoms with Crippen molar-refractivity contribution < 1.29 is 14.3 Å². The Morgan fingerprint density at radius 3 is 2.59 bits per heavy atom. The molecule has 1 fully saturated rings. The number of nitrogens with one attached hydrogen (secondary N) is 1. The highest BCUT2D eigenvalue weighted by Crippen LogP contribution is 2.34. The molecule has 0 spiro atoms. The summed E-state index contributed by atoms with van der Waals surface area (Å²) >= 11 is 6.24. The molecule has 1 unspecified atom stereocenters. The summed E-state index contributed by atoms with van der Waals surface area (Å²) in [6, 6.07) is 14.1. The standard InChI is InChI=1S/C23H25ClN2O3/c24-19-13-7-12-18-21(19)29-15-14-26(23(18)28)20(16-8-3-1-4-9-16)22(27)25-17-10-5-2-6-11-17/h1,3-4,7-9,12-13,17,20H,2,5-6,10-11,14-15H2,(H,25,27). The number of carbonyl (C=O) groups excluding carboxylic acids is 2. The van der Waals surface area contributed by atoms with E-state index in [1.807, 2.05) is 30.3 Å². The van der Waals surface area contributed by atoms with Gasteiger partial charge in [0.2, 0.25) is 5.91 Å². The molecule has 2 aliphatic rings. The zero-order valence-electron chi connectivity index (χ0n) is 16.3. The van der Waals surface area contributed by atoms with Gasteiger partial charge in [-0.15, -0.1) is 0 Å². The molecule has 1 heterocycles. The first-order valence-corrected chi connectivity index (χ1v) is 10.6. The van der Waals surface area contributed by atoms with Gasteiger partial charge in [-0.1, -0.05) is 67.3 Å². The lowest BCUT2D eigenvalue weighted by molar-refractivity contribution is -0.127. The molecule has 0 aromatic heterocycles. The van der Waals surface area contributed by atoms with Crippen molar-refractivity contribution in [2.75, 3.05) is 13.2 Å². The van der Waals surface area contributed by atoms with Crippen LogP contribution in [-0.4, -0.2) is 35.9 Å². The highest BCUT2D eigenvalue weighted by atomic mass is 35.5. The molecule has 0 saturated heterocycles. The molecule has 5 nitrogen and oxygen atoms in total. The summed E-state index contributed by atoms with van der Waals surface area (Å²) in [5.41, 5.74) is 1.18. The summed E-state index contributed by atoms with van der Waals surface area (Å²) in [5.74, 6) is 0.00995. The molecular formula is C23H25ClN2O3. The monoisotopic (exact) mass is 412 g/mol. The second-order valence-electron chi connectivity index (χ2n) is 7.62. The van der Waals surface area contributed by atoms with E-state index in [9.17, 15) is 9.59 Å². The summed E-state index contributed by atoms with van der Waals surface area (Å²) in [5, 5.41) is 3.59. The van der Waals surface area contributed by atoms with Crippen LogP contribution in [0.25, 0.3) is 0 Å². The fourth-order valence-corrected chi connectivity index (χ4v) is 4.44. The number of nitrogens with zero attached hydrogens (tertiary/aromatic N) is 1. The number of hydrogen-bond donors (Lipinski definition) is 1. The smallest absolute Gasteiger partial charge is 0.258 e. The Labute approximate surface area is 176 Å². The average molecular weight is 413 g/mol. The summed E-state index contributed by atoms with van der Waals surface area (Å²) in [6.07, 6.45) is 5.45. The van der Waals surface area contributed by atoms with Gasteiger partial charge in [0.1, 0.15) is 12.6 Å². The molecule has 4 rings (SSSR count). The third kappa shape index (κ3) is 4.25. The maximum absolute atomic E-state index is 13.4. The predicted molar refractivity (Wildman–Crippen MR) is 112 cm³/mol. The minimum Gasteiger partial charge on any atom is -0.489 e. The summed E-state index contributed by atoms with van der Waals surface area (Å²) in [7, 11) is 0. The van der Waals surface area contributed by atoms with Crippen molar-refractivity contribution in [3.8, 4) is 5.75 Å². The Bertz CT molecular complexity index is 881. The number of hydrogen-bond acceptors (Lipinski definition) is 3. The Hall–Kier alpha value is -2.53. The van der Waals surface area contributed by atoms with E-state index < -0.39 is 6.04 Å². The zero-order chi connectivity index (χ0) is 20.2. The molecule has 1 N–H and O–H groups in total. The molecule has 1 atom stereocenters. The van der Waals surface area contributed by atoms with Crippen LogP contribution in [0, 0.1) is 0 Å². The van der Waals surface area contributed by atoms with Crippen molar-refractivity contribution >= 4 is 23.4 Å². The van der Waals surface area contributed by atoms with Crippen molar-refractivity contribution in [2.45, 2.75) is 44.2 Å². The maximum atomic E-state index is 13.4. The Morgan fingerprint density at radius 1 is 1.07 bits per heavy atom. The molecule has 152 valence electrons. The van der Waals surface area contributed by atoms with Crippen LogP contribution < -0.4 is 10.1 Å². The molecule has 0 radical (unpaired) electrons. The zero-order valence-corrected chi connectivity index (χ0v) is 17.0. The van der Waals surface area contributed by atoms with Gasteiger partial charge in [0.15, 0.2) is 5.75 Å². The molecule has 1 saturated carbocycles. The van der Waals surface area contributed by atoms with Gasteiger partial charge >= 0.3 is 0 Å². The van der Waals surface area contributed by atoms with Crippen LogP contribution in [0.2, 0.25) is 5.02 Å². The molecule has 2 amide bonds. The van der Waals surface area contributed by atoms with Gasteiger partial charge in [0, 0.05) is 6.04 Å². The van der Waals surface area contributed by atoms with Crippen LogP contribution in [0.15, 0.2) is 48.5 Å². The largest absolute Gasteiger partial charge is 0.489 e. The van der Waals surface area contributed by atoms with Gasteiger partial charge in [-0.2, -0.15) is 0 Å². The lowest BCUT2D eigenvalue weighted by Crippen LogP contribution is -2.47. The number of ether oxygens (including phenoxy) is 1. The van der Waals surface area contributed by atoms with E-state index in [-0.39, 0.29) is 24.5 Å². The van der Waals surface area contributed by atoms with Gasteiger partial charge in [-0.25, -0.2) is 0 Å². The van der Waals surface area contributed by atoms with Crippen molar-refractivity contribution in [3.63, 3.8) is 0 Å². The van der Waals surface area contributed by atoms with Crippen LogP contribution in [0.1, 0.15) is 54.1 Å². The average Bonchev–Trinajstić information content (AvgIpc) is 2.90. The van der Waals surface area contributed by atoms with Crippen molar-refractivity contribution in [1.29, 1.82) is 0 Å². The minimum absolute atomic E-state index is 0.137. The molecule has 29 heavy (non-hydrogen) atoms.